The summed E-state index contributed by atoms with van der Waals surface area (Å²) in [5.74, 6) is -0.273. The van der Waals surface area contributed by atoms with Crippen molar-refractivity contribution >= 4 is 17.3 Å². The second kappa shape index (κ2) is 4.79. The molecule has 100 valence electrons. The number of aromatic carboxylic acids is 1. The summed E-state index contributed by atoms with van der Waals surface area (Å²) in [6.07, 6.45) is 0.890. The summed E-state index contributed by atoms with van der Waals surface area (Å²) in [6.45, 7) is 2.46. The summed E-state index contributed by atoms with van der Waals surface area (Å²) < 4.78 is 11.2. The highest BCUT2D eigenvalue weighted by Gasteiger charge is 2.32. The first-order valence-corrected chi connectivity index (χ1v) is 6.92. The van der Waals surface area contributed by atoms with Crippen molar-refractivity contribution in [1.82, 2.24) is 4.98 Å². The van der Waals surface area contributed by atoms with E-state index in [1.54, 1.807) is 0 Å². The summed E-state index contributed by atoms with van der Waals surface area (Å²) in [5.41, 5.74) is 0.00565. The van der Waals surface area contributed by atoms with Gasteiger partial charge in [0.2, 0.25) is 5.89 Å². The molecule has 0 amide bonds. The van der Waals surface area contributed by atoms with E-state index in [0.29, 0.717) is 18.3 Å². The van der Waals surface area contributed by atoms with Gasteiger partial charge in [-0.2, -0.15) is 0 Å². The zero-order chi connectivity index (χ0) is 13.4. The number of ether oxygens (including phenoxy) is 1. The molecule has 0 radical (unpaired) electrons. The summed E-state index contributed by atoms with van der Waals surface area (Å²) in [5, 5.41) is 11.1. The van der Waals surface area contributed by atoms with Crippen LogP contribution in [0.4, 0.5) is 0 Å². The van der Waals surface area contributed by atoms with Crippen LogP contribution >= 0.6 is 11.3 Å². The van der Waals surface area contributed by atoms with Crippen molar-refractivity contribution in [3.8, 4) is 10.8 Å². The van der Waals surface area contributed by atoms with Gasteiger partial charge in [0, 0.05) is 5.92 Å². The molecule has 1 N–H and O–H groups in total. The first kappa shape index (κ1) is 12.4. The lowest BCUT2D eigenvalue weighted by molar-refractivity contribution is 0.0687. The summed E-state index contributed by atoms with van der Waals surface area (Å²) in [6, 6.07) is 3.74. The Hall–Kier alpha value is -1.66. The second-order valence-corrected chi connectivity index (χ2v) is 5.54. The van der Waals surface area contributed by atoms with Crippen LogP contribution in [-0.4, -0.2) is 28.8 Å². The largest absolute Gasteiger partial charge is 0.476 e. The minimum atomic E-state index is -1.05. The molecule has 6 heteroatoms. The van der Waals surface area contributed by atoms with Gasteiger partial charge < -0.3 is 14.3 Å². The molecule has 19 heavy (non-hydrogen) atoms. The molecule has 2 aromatic heterocycles. The fourth-order valence-electron chi connectivity index (χ4n) is 2.27. The topological polar surface area (TPSA) is 72.6 Å². The van der Waals surface area contributed by atoms with Crippen LogP contribution in [-0.2, 0) is 4.74 Å². The third-order valence-electron chi connectivity index (χ3n) is 3.16. The molecule has 1 aliphatic heterocycles. The number of hydrogen-bond acceptors (Lipinski definition) is 5. The van der Waals surface area contributed by atoms with Crippen LogP contribution in [0.3, 0.4) is 0 Å². The van der Waals surface area contributed by atoms with Gasteiger partial charge in [0.25, 0.3) is 0 Å². The number of oxazole rings is 1. The maximum Gasteiger partial charge on any atom is 0.358 e. The molecule has 0 saturated carbocycles. The predicted molar refractivity (Wildman–Crippen MR) is 69.5 cm³/mol. The Balaban J connectivity index is 2.00. The number of carboxylic acids is 1. The first-order valence-electron chi connectivity index (χ1n) is 6.04. The number of hydrogen-bond donors (Lipinski definition) is 1. The molecule has 0 aromatic carbocycles. The fraction of sp³-hybridized carbons (Fsp3) is 0.385. The predicted octanol–water partition coefficient (Wildman–Crippen LogP) is 2.99. The van der Waals surface area contributed by atoms with Gasteiger partial charge in [-0.15, -0.1) is 11.3 Å². The van der Waals surface area contributed by atoms with Crippen molar-refractivity contribution in [3.05, 3.63) is 29.0 Å². The number of thiophene rings is 1. The third kappa shape index (κ3) is 2.29. The average Bonchev–Trinajstić information content (AvgIpc) is 3.07. The SMILES string of the molecule is CC1CC(c2oc(-c3cccs3)nc2C(=O)O)CO1. The maximum atomic E-state index is 11.3. The van der Waals surface area contributed by atoms with Gasteiger partial charge in [-0.05, 0) is 24.8 Å². The zero-order valence-electron chi connectivity index (χ0n) is 10.3. The Morgan fingerprint density at radius 3 is 3.00 bits per heavy atom. The fourth-order valence-corrected chi connectivity index (χ4v) is 2.92. The van der Waals surface area contributed by atoms with E-state index in [1.807, 2.05) is 24.4 Å². The Morgan fingerprint density at radius 1 is 1.58 bits per heavy atom. The molecular formula is C13H13NO4S. The van der Waals surface area contributed by atoms with Crippen LogP contribution in [0.25, 0.3) is 10.8 Å². The van der Waals surface area contributed by atoms with E-state index in [1.165, 1.54) is 11.3 Å². The molecule has 2 aromatic rings. The van der Waals surface area contributed by atoms with Crippen LogP contribution < -0.4 is 0 Å². The molecule has 0 bridgehead atoms. The Morgan fingerprint density at radius 2 is 2.42 bits per heavy atom. The summed E-state index contributed by atoms with van der Waals surface area (Å²) in [7, 11) is 0. The summed E-state index contributed by atoms with van der Waals surface area (Å²) in [4.78, 5) is 16.2. The summed E-state index contributed by atoms with van der Waals surface area (Å²) >= 11 is 1.47. The second-order valence-electron chi connectivity index (χ2n) is 4.59. The van der Waals surface area contributed by atoms with Gasteiger partial charge in [-0.3, -0.25) is 0 Å². The van der Waals surface area contributed by atoms with Crippen LogP contribution in [0.1, 0.15) is 35.5 Å². The number of carbonyl (C=O) groups is 1. The number of rotatable bonds is 3. The molecular weight excluding hydrogens is 266 g/mol. The van der Waals surface area contributed by atoms with Crippen molar-refractivity contribution < 1.29 is 19.1 Å². The van der Waals surface area contributed by atoms with Crippen LogP contribution in [0.5, 0.6) is 0 Å². The molecule has 2 atom stereocenters. The lowest BCUT2D eigenvalue weighted by Gasteiger charge is -2.03. The van der Waals surface area contributed by atoms with E-state index in [0.717, 1.165) is 11.3 Å². The number of aromatic nitrogens is 1. The molecule has 3 heterocycles. The normalized spacial score (nSPS) is 22.8. The lowest BCUT2D eigenvalue weighted by atomic mass is 10.0. The molecule has 1 saturated heterocycles. The Bertz CT molecular complexity index is 590. The minimum absolute atomic E-state index is 0.00565. The maximum absolute atomic E-state index is 11.3. The van der Waals surface area contributed by atoms with Gasteiger partial charge in [0.05, 0.1) is 17.6 Å². The van der Waals surface area contributed by atoms with E-state index in [9.17, 15) is 9.90 Å². The Kier molecular flexibility index (Phi) is 3.12. The number of nitrogens with zero attached hydrogens (tertiary/aromatic N) is 1. The van der Waals surface area contributed by atoms with E-state index in [4.69, 9.17) is 9.15 Å². The first-order chi connectivity index (χ1) is 9.15. The van der Waals surface area contributed by atoms with Crippen molar-refractivity contribution in [2.75, 3.05) is 6.61 Å². The highest BCUT2D eigenvalue weighted by Crippen LogP contribution is 2.35. The molecule has 1 aliphatic rings. The molecule has 5 nitrogen and oxygen atoms in total. The minimum Gasteiger partial charge on any atom is -0.476 e. The monoisotopic (exact) mass is 279 g/mol. The van der Waals surface area contributed by atoms with Crippen molar-refractivity contribution in [1.29, 1.82) is 0 Å². The van der Waals surface area contributed by atoms with Crippen LogP contribution in [0.2, 0.25) is 0 Å². The quantitative estimate of drug-likeness (QED) is 0.935. The molecule has 0 aliphatic carbocycles. The standard InChI is InChI=1S/C13H13NO4S/c1-7-5-8(6-17-7)11-10(13(15)16)14-12(18-11)9-3-2-4-19-9/h2-4,7-8H,5-6H2,1H3,(H,15,16). The highest BCUT2D eigenvalue weighted by atomic mass is 32.1. The lowest BCUT2D eigenvalue weighted by Crippen LogP contribution is -2.06. The molecule has 3 rings (SSSR count). The number of carboxylic acid groups (broad SMARTS) is 1. The van der Waals surface area contributed by atoms with E-state index in [-0.39, 0.29) is 17.7 Å². The van der Waals surface area contributed by atoms with Gasteiger partial charge in [0.1, 0.15) is 5.76 Å². The molecule has 2 unspecified atom stereocenters. The van der Waals surface area contributed by atoms with E-state index >= 15 is 0 Å². The third-order valence-corrected chi connectivity index (χ3v) is 4.01. The Labute approximate surface area is 113 Å². The van der Waals surface area contributed by atoms with Crippen LogP contribution in [0, 0.1) is 0 Å². The van der Waals surface area contributed by atoms with Crippen molar-refractivity contribution in [2.24, 2.45) is 0 Å². The van der Waals surface area contributed by atoms with Crippen molar-refractivity contribution in [2.45, 2.75) is 25.4 Å². The van der Waals surface area contributed by atoms with Gasteiger partial charge in [-0.25, -0.2) is 9.78 Å². The highest BCUT2D eigenvalue weighted by molar-refractivity contribution is 7.13. The van der Waals surface area contributed by atoms with Crippen molar-refractivity contribution in [3.63, 3.8) is 0 Å². The average molecular weight is 279 g/mol. The van der Waals surface area contributed by atoms with Crippen LogP contribution in [0.15, 0.2) is 21.9 Å². The molecule has 0 spiro atoms. The van der Waals surface area contributed by atoms with Gasteiger partial charge >= 0.3 is 5.97 Å². The zero-order valence-corrected chi connectivity index (χ0v) is 11.1. The molecule has 1 fully saturated rings. The smallest absolute Gasteiger partial charge is 0.358 e. The van der Waals surface area contributed by atoms with E-state index in [2.05, 4.69) is 4.98 Å². The van der Waals surface area contributed by atoms with Gasteiger partial charge in [-0.1, -0.05) is 6.07 Å². The van der Waals surface area contributed by atoms with Gasteiger partial charge in [0.15, 0.2) is 5.69 Å². The van der Waals surface area contributed by atoms with E-state index < -0.39 is 5.97 Å².